The van der Waals surface area contributed by atoms with Crippen molar-refractivity contribution in [2.75, 3.05) is 6.54 Å². The summed E-state index contributed by atoms with van der Waals surface area (Å²) in [5.41, 5.74) is 6.37. The molecule has 0 radical (unpaired) electrons. The van der Waals surface area contributed by atoms with E-state index in [1.807, 2.05) is 0 Å². The summed E-state index contributed by atoms with van der Waals surface area (Å²) >= 11 is 0. The zero-order valence-electron chi connectivity index (χ0n) is 8.44. The minimum atomic E-state index is 0.591. The second-order valence-corrected chi connectivity index (χ2v) is 4.37. The second-order valence-electron chi connectivity index (χ2n) is 4.37. The molecule has 1 aliphatic carbocycles. The molecule has 1 fully saturated rings. The van der Waals surface area contributed by atoms with Gasteiger partial charge in [0.1, 0.15) is 0 Å². The molecular weight excluding hydrogens is 146 g/mol. The van der Waals surface area contributed by atoms with Crippen molar-refractivity contribution in [3.05, 3.63) is 0 Å². The van der Waals surface area contributed by atoms with Crippen molar-refractivity contribution in [2.24, 2.45) is 11.1 Å². The lowest BCUT2D eigenvalue weighted by molar-refractivity contribution is 0.126. The fraction of sp³-hybridized carbons (Fsp3) is 1.00. The van der Waals surface area contributed by atoms with E-state index in [9.17, 15) is 0 Å². The lowest BCUT2D eigenvalue weighted by Gasteiger charge is -2.41. The molecule has 1 nitrogen and oxygen atoms in total. The third-order valence-electron chi connectivity index (χ3n) is 3.41. The van der Waals surface area contributed by atoms with Gasteiger partial charge in [0.25, 0.3) is 0 Å². The van der Waals surface area contributed by atoms with Crippen molar-refractivity contribution < 1.29 is 0 Å². The normalized spacial score (nSPS) is 20.5. The molecule has 72 valence electrons. The van der Waals surface area contributed by atoms with Gasteiger partial charge in [0.15, 0.2) is 0 Å². The maximum Gasteiger partial charge on any atom is -0.00205 e. The summed E-state index contributed by atoms with van der Waals surface area (Å²) < 4.78 is 0. The third-order valence-corrected chi connectivity index (χ3v) is 3.41. The van der Waals surface area contributed by atoms with Crippen LogP contribution in [0.25, 0.3) is 0 Å². The first kappa shape index (κ1) is 10.0. The van der Waals surface area contributed by atoms with Crippen LogP contribution in [0.15, 0.2) is 0 Å². The number of unbranched alkanes of at least 4 members (excludes halogenated alkanes) is 3. The Hall–Kier alpha value is -0.0400. The van der Waals surface area contributed by atoms with Gasteiger partial charge in [-0.2, -0.15) is 0 Å². The van der Waals surface area contributed by atoms with Gasteiger partial charge in [-0.1, -0.05) is 39.0 Å². The van der Waals surface area contributed by atoms with Gasteiger partial charge < -0.3 is 5.73 Å². The standard InChI is InChI=1S/C11H23N/c1-2-3-4-5-7-11(10-12)8-6-9-11/h2-10,12H2,1H3. The maximum atomic E-state index is 5.78. The SMILES string of the molecule is CCCCCCC1(CN)CCC1. The van der Waals surface area contributed by atoms with Crippen molar-refractivity contribution in [2.45, 2.75) is 58.3 Å². The number of nitrogens with two attached hydrogens (primary N) is 1. The van der Waals surface area contributed by atoms with Crippen LogP contribution in [0.3, 0.4) is 0 Å². The van der Waals surface area contributed by atoms with Crippen LogP contribution in [0.4, 0.5) is 0 Å². The zero-order chi connectivity index (χ0) is 8.86. The van der Waals surface area contributed by atoms with Crippen LogP contribution in [0.2, 0.25) is 0 Å². The monoisotopic (exact) mass is 169 g/mol. The molecular formula is C11H23N. The minimum Gasteiger partial charge on any atom is -0.330 e. The highest BCUT2D eigenvalue weighted by Crippen LogP contribution is 2.44. The summed E-state index contributed by atoms with van der Waals surface area (Å²) in [5, 5.41) is 0. The van der Waals surface area contributed by atoms with E-state index in [-0.39, 0.29) is 0 Å². The van der Waals surface area contributed by atoms with Gasteiger partial charge in [-0.05, 0) is 31.2 Å². The number of hydrogen-bond donors (Lipinski definition) is 1. The van der Waals surface area contributed by atoms with Crippen LogP contribution < -0.4 is 5.73 Å². The Labute approximate surface area is 76.7 Å². The average Bonchev–Trinajstić information content (AvgIpc) is 2.02. The van der Waals surface area contributed by atoms with Gasteiger partial charge in [0.2, 0.25) is 0 Å². The Morgan fingerprint density at radius 3 is 2.33 bits per heavy atom. The van der Waals surface area contributed by atoms with Crippen molar-refractivity contribution in [3.8, 4) is 0 Å². The molecule has 1 rings (SSSR count). The van der Waals surface area contributed by atoms with Crippen molar-refractivity contribution >= 4 is 0 Å². The van der Waals surface area contributed by atoms with Crippen LogP contribution in [0, 0.1) is 5.41 Å². The van der Waals surface area contributed by atoms with E-state index < -0.39 is 0 Å². The first-order valence-electron chi connectivity index (χ1n) is 5.53. The van der Waals surface area contributed by atoms with Crippen LogP contribution in [-0.4, -0.2) is 6.54 Å². The van der Waals surface area contributed by atoms with Crippen molar-refractivity contribution in [3.63, 3.8) is 0 Å². The van der Waals surface area contributed by atoms with E-state index in [2.05, 4.69) is 6.92 Å². The van der Waals surface area contributed by atoms with Crippen LogP contribution in [-0.2, 0) is 0 Å². The Morgan fingerprint density at radius 1 is 1.17 bits per heavy atom. The molecule has 0 heterocycles. The molecule has 0 saturated heterocycles. The summed E-state index contributed by atoms with van der Waals surface area (Å²) in [7, 11) is 0. The van der Waals surface area contributed by atoms with E-state index in [0.29, 0.717) is 5.41 Å². The van der Waals surface area contributed by atoms with Gasteiger partial charge in [0, 0.05) is 0 Å². The van der Waals surface area contributed by atoms with E-state index in [1.165, 1.54) is 51.4 Å². The largest absolute Gasteiger partial charge is 0.330 e. The maximum absolute atomic E-state index is 5.78. The van der Waals surface area contributed by atoms with Gasteiger partial charge in [0.05, 0.1) is 0 Å². The quantitative estimate of drug-likeness (QED) is 0.607. The Kier molecular flexibility index (Phi) is 4.07. The fourth-order valence-corrected chi connectivity index (χ4v) is 2.16. The predicted octanol–water partition coefficient (Wildman–Crippen LogP) is 3.09. The van der Waals surface area contributed by atoms with Crippen LogP contribution >= 0.6 is 0 Å². The molecule has 0 unspecified atom stereocenters. The molecule has 0 amide bonds. The molecule has 0 bridgehead atoms. The van der Waals surface area contributed by atoms with E-state index in [0.717, 1.165) is 6.54 Å². The molecule has 0 aromatic carbocycles. The lowest BCUT2D eigenvalue weighted by atomic mass is 9.66. The van der Waals surface area contributed by atoms with Gasteiger partial charge >= 0.3 is 0 Å². The molecule has 1 saturated carbocycles. The predicted molar refractivity (Wildman–Crippen MR) is 54.1 cm³/mol. The molecule has 12 heavy (non-hydrogen) atoms. The highest BCUT2D eigenvalue weighted by Gasteiger charge is 2.34. The molecule has 1 heteroatoms. The Bertz CT molecular complexity index is 111. The molecule has 1 aliphatic rings. The van der Waals surface area contributed by atoms with Gasteiger partial charge in [-0.3, -0.25) is 0 Å². The fourth-order valence-electron chi connectivity index (χ4n) is 2.16. The first-order valence-corrected chi connectivity index (χ1v) is 5.53. The highest BCUT2D eigenvalue weighted by molar-refractivity contribution is 4.88. The summed E-state index contributed by atoms with van der Waals surface area (Å²) in [6.45, 7) is 3.20. The lowest BCUT2D eigenvalue weighted by Crippen LogP contribution is -2.37. The summed E-state index contributed by atoms with van der Waals surface area (Å²) in [5.74, 6) is 0. The van der Waals surface area contributed by atoms with Crippen LogP contribution in [0.1, 0.15) is 58.3 Å². The van der Waals surface area contributed by atoms with E-state index in [1.54, 1.807) is 0 Å². The molecule has 0 atom stereocenters. The van der Waals surface area contributed by atoms with Gasteiger partial charge in [-0.25, -0.2) is 0 Å². The zero-order valence-corrected chi connectivity index (χ0v) is 8.44. The molecule has 0 aromatic heterocycles. The summed E-state index contributed by atoms with van der Waals surface area (Å²) in [4.78, 5) is 0. The number of rotatable bonds is 6. The summed E-state index contributed by atoms with van der Waals surface area (Å²) in [6, 6.07) is 0. The Morgan fingerprint density at radius 2 is 1.92 bits per heavy atom. The first-order chi connectivity index (χ1) is 5.83. The molecule has 2 N–H and O–H groups in total. The van der Waals surface area contributed by atoms with E-state index in [4.69, 9.17) is 5.73 Å². The average molecular weight is 169 g/mol. The molecule has 0 spiro atoms. The van der Waals surface area contributed by atoms with Crippen molar-refractivity contribution in [1.29, 1.82) is 0 Å². The van der Waals surface area contributed by atoms with Gasteiger partial charge in [-0.15, -0.1) is 0 Å². The molecule has 0 aliphatic heterocycles. The smallest absolute Gasteiger partial charge is 0.00205 e. The number of hydrogen-bond acceptors (Lipinski definition) is 1. The Balaban J connectivity index is 2.04. The van der Waals surface area contributed by atoms with E-state index >= 15 is 0 Å². The highest BCUT2D eigenvalue weighted by atomic mass is 14.6. The summed E-state index contributed by atoms with van der Waals surface area (Å²) in [6.07, 6.45) is 11.2. The topological polar surface area (TPSA) is 26.0 Å². The second kappa shape index (κ2) is 4.86. The van der Waals surface area contributed by atoms with Crippen molar-refractivity contribution in [1.82, 2.24) is 0 Å². The minimum absolute atomic E-state index is 0.591. The third kappa shape index (κ3) is 2.48. The van der Waals surface area contributed by atoms with Crippen LogP contribution in [0.5, 0.6) is 0 Å². The molecule has 0 aromatic rings.